The SMILES string of the molecule is C=CCN1C(=O)CC(c2ccc(F)cc2F)C(C(=O)OCc2ccccc2)=C1C. The molecule has 1 aliphatic heterocycles. The number of hydrogen-bond acceptors (Lipinski definition) is 3. The number of carbonyl (C=O) groups excluding carboxylic acids is 2. The number of allylic oxidation sites excluding steroid dienone is 1. The van der Waals surface area contributed by atoms with Crippen LogP contribution in [0.2, 0.25) is 0 Å². The molecule has 4 nitrogen and oxygen atoms in total. The van der Waals surface area contributed by atoms with Crippen molar-refractivity contribution in [1.82, 2.24) is 4.90 Å². The maximum Gasteiger partial charge on any atom is 0.336 e. The average molecular weight is 397 g/mol. The van der Waals surface area contributed by atoms with E-state index < -0.39 is 23.5 Å². The summed E-state index contributed by atoms with van der Waals surface area (Å²) in [5, 5.41) is 0. The molecule has 0 saturated carbocycles. The lowest BCUT2D eigenvalue weighted by atomic mass is 9.83. The summed E-state index contributed by atoms with van der Waals surface area (Å²) in [4.78, 5) is 27.0. The lowest BCUT2D eigenvalue weighted by Gasteiger charge is -2.34. The number of amides is 1. The fourth-order valence-corrected chi connectivity index (χ4v) is 3.48. The first-order valence-corrected chi connectivity index (χ1v) is 9.20. The quantitative estimate of drug-likeness (QED) is 0.533. The highest BCUT2D eigenvalue weighted by molar-refractivity contribution is 5.96. The first-order chi connectivity index (χ1) is 13.9. The number of benzene rings is 2. The van der Waals surface area contributed by atoms with Gasteiger partial charge in [0, 0.05) is 30.6 Å². The van der Waals surface area contributed by atoms with Crippen molar-refractivity contribution >= 4 is 11.9 Å². The van der Waals surface area contributed by atoms with Crippen LogP contribution in [0.3, 0.4) is 0 Å². The molecule has 0 spiro atoms. The lowest BCUT2D eigenvalue weighted by molar-refractivity contribution is -0.141. The first kappa shape index (κ1) is 20.5. The molecule has 1 unspecified atom stereocenters. The molecule has 2 aromatic carbocycles. The maximum atomic E-state index is 14.5. The maximum absolute atomic E-state index is 14.5. The van der Waals surface area contributed by atoms with Crippen molar-refractivity contribution in [2.75, 3.05) is 6.54 Å². The molecule has 0 radical (unpaired) electrons. The van der Waals surface area contributed by atoms with Crippen molar-refractivity contribution in [1.29, 1.82) is 0 Å². The third-order valence-electron chi connectivity index (χ3n) is 4.91. The molecule has 1 amide bonds. The number of nitrogens with zero attached hydrogens (tertiary/aromatic N) is 1. The molecule has 29 heavy (non-hydrogen) atoms. The lowest BCUT2D eigenvalue weighted by Crippen LogP contribution is -2.38. The van der Waals surface area contributed by atoms with E-state index in [1.54, 1.807) is 13.0 Å². The van der Waals surface area contributed by atoms with Gasteiger partial charge in [-0.25, -0.2) is 13.6 Å². The Bertz CT molecular complexity index is 969. The smallest absolute Gasteiger partial charge is 0.336 e. The first-order valence-electron chi connectivity index (χ1n) is 9.20. The summed E-state index contributed by atoms with van der Waals surface area (Å²) in [5.74, 6) is -3.29. The monoisotopic (exact) mass is 397 g/mol. The fourth-order valence-electron chi connectivity index (χ4n) is 3.48. The zero-order valence-electron chi connectivity index (χ0n) is 16.0. The molecule has 1 atom stereocenters. The number of ether oxygens (including phenoxy) is 1. The minimum Gasteiger partial charge on any atom is -0.457 e. The molecule has 0 bridgehead atoms. The van der Waals surface area contributed by atoms with Gasteiger partial charge in [-0.05, 0) is 24.1 Å². The van der Waals surface area contributed by atoms with Crippen molar-refractivity contribution in [3.8, 4) is 0 Å². The van der Waals surface area contributed by atoms with Crippen LogP contribution in [0.25, 0.3) is 0 Å². The molecule has 1 aliphatic rings. The third-order valence-corrected chi connectivity index (χ3v) is 4.91. The van der Waals surface area contributed by atoms with Gasteiger partial charge in [-0.2, -0.15) is 0 Å². The molecule has 150 valence electrons. The Morgan fingerprint density at radius 1 is 1.24 bits per heavy atom. The second kappa shape index (κ2) is 8.82. The van der Waals surface area contributed by atoms with E-state index in [9.17, 15) is 18.4 Å². The summed E-state index contributed by atoms with van der Waals surface area (Å²) in [6.45, 7) is 5.52. The third kappa shape index (κ3) is 4.42. The summed E-state index contributed by atoms with van der Waals surface area (Å²) in [6, 6.07) is 12.3. The van der Waals surface area contributed by atoms with Gasteiger partial charge in [0.25, 0.3) is 0 Å². The predicted octanol–water partition coefficient (Wildman–Crippen LogP) is 4.48. The Hall–Kier alpha value is -3.28. The topological polar surface area (TPSA) is 46.6 Å². The van der Waals surface area contributed by atoms with E-state index >= 15 is 0 Å². The standard InChI is InChI=1S/C23H21F2NO3/c1-3-11-26-15(2)22(23(28)29-14-16-7-5-4-6-8-16)19(13-21(26)27)18-10-9-17(24)12-20(18)25/h3-10,12,19H,1,11,13-14H2,2H3. The normalized spacial score (nSPS) is 16.7. The number of esters is 1. The molecule has 2 aromatic rings. The molecule has 0 fully saturated rings. The molecule has 6 heteroatoms. The Balaban J connectivity index is 1.98. The van der Waals surface area contributed by atoms with Gasteiger partial charge in [0.05, 0.1) is 5.57 Å². The fraction of sp³-hybridized carbons (Fsp3) is 0.217. The molecule has 0 aromatic heterocycles. The summed E-state index contributed by atoms with van der Waals surface area (Å²) in [7, 11) is 0. The van der Waals surface area contributed by atoms with Gasteiger partial charge in [-0.1, -0.05) is 42.5 Å². The van der Waals surface area contributed by atoms with Crippen LogP contribution in [-0.2, 0) is 20.9 Å². The summed E-state index contributed by atoms with van der Waals surface area (Å²) < 4.78 is 33.3. The number of rotatable bonds is 6. The van der Waals surface area contributed by atoms with Crippen LogP contribution in [0.4, 0.5) is 8.78 Å². The van der Waals surface area contributed by atoms with Crippen molar-refractivity contribution in [3.05, 3.63) is 95.2 Å². The van der Waals surface area contributed by atoms with E-state index in [1.807, 2.05) is 30.3 Å². The highest BCUT2D eigenvalue weighted by Crippen LogP contribution is 2.38. The van der Waals surface area contributed by atoms with E-state index in [2.05, 4.69) is 6.58 Å². The van der Waals surface area contributed by atoms with Crippen LogP contribution in [0.15, 0.2) is 72.5 Å². The van der Waals surface area contributed by atoms with Crippen molar-refractivity contribution < 1.29 is 23.1 Å². The van der Waals surface area contributed by atoms with Crippen LogP contribution in [0.1, 0.15) is 30.4 Å². The van der Waals surface area contributed by atoms with E-state index in [0.29, 0.717) is 5.70 Å². The number of halogens is 2. The molecular formula is C23H21F2NO3. The van der Waals surface area contributed by atoms with Crippen molar-refractivity contribution in [2.24, 2.45) is 0 Å². The van der Waals surface area contributed by atoms with Crippen LogP contribution < -0.4 is 0 Å². The Morgan fingerprint density at radius 3 is 2.62 bits per heavy atom. The number of hydrogen-bond donors (Lipinski definition) is 0. The van der Waals surface area contributed by atoms with Crippen molar-refractivity contribution in [2.45, 2.75) is 25.9 Å². The molecule has 0 saturated heterocycles. The summed E-state index contributed by atoms with van der Waals surface area (Å²) in [6.07, 6.45) is 1.43. The zero-order chi connectivity index (χ0) is 21.0. The van der Waals surface area contributed by atoms with Gasteiger partial charge in [-0.15, -0.1) is 6.58 Å². The molecule has 0 aliphatic carbocycles. The van der Waals surface area contributed by atoms with Gasteiger partial charge in [0.15, 0.2) is 0 Å². The van der Waals surface area contributed by atoms with Crippen LogP contribution in [0, 0.1) is 11.6 Å². The van der Waals surface area contributed by atoms with E-state index in [-0.39, 0.29) is 36.6 Å². The highest BCUT2D eigenvalue weighted by Gasteiger charge is 2.37. The van der Waals surface area contributed by atoms with E-state index in [0.717, 1.165) is 17.7 Å². The van der Waals surface area contributed by atoms with Gasteiger partial charge in [0.2, 0.25) is 5.91 Å². The Labute approximate surface area is 168 Å². The Kier molecular flexibility index (Phi) is 6.22. The van der Waals surface area contributed by atoms with Crippen LogP contribution >= 0.6 is 0 Å². The predicted molar refractivity (Wildman–Crippen MR) is 105 cm³/mol. The Morgan fingerprint density at radius 2 is 1.97 bits per heavy atom. The van der Waals surface area contributed by atoms with Gasteiger partial charge in [-0.3, -0.25) is 4.79 Å². The van der Waals surface area contributed by atoms with E-state index in [1.165, 1.54) is 11.0 Å². The number of carbonyl (C=O) groups is 2. The largest absolute Gasteiger partial charge is 0.457 e. The van der Waals surface area contributed by atoms with Gasteiger partial charge in [0.1, 0.15) is 18.2 Å². The second-order valence-electron chi connectivity index (χ2n) is 6.78. The summed E-state index contributed by atoms with van der Waals surface area (Å²) >= 11 is 0. The second-order valence-corrected chi connectivity index (χ2v) is 6.78. The summed E-state index contributed by atoms with van der Waals surface area (Å²) in [5.41, 5.74) is 1.46. The van der Waals surface area contributed by atoms with Crippen LogP contribution in [-0.4, -0.2) is 23.3 Å². The van der Waals surface area contributed by atoms with Crippen LogP contribution in [0.5, 0.6) is 0 Å². The van der Waals surface area contributed by atoms with Crippen molar-refractivity contribution in [3.63, 3.8) is 0 Å². The molecule has 0 N–H and O–H groups in total. The van der Waals surface area contributed by atoms with Gasteiger partial charge >= 0.3 is 5.97 Å². The minimum absolute atomic E-state index is 0.0461. The zero-order valence-corrected chi connectivity index (χ0v) is 16.0. The average Bonchev–Trinajstić information content (AvgIpc) is 2.70. The molecule has 3 rings (SSSR count). The molecule has 1 heterocycles. The van der Waals surface area contributed by atoms with E-state index in [4.69, 9.17) is 4.74 Å². The highest BCUT2D eigenvalue weighted by atomic mass is 19.1. The minimum atomic E-state index is -0.854. The molecular weight excluding hydrogens is 376 g/mol. The van der Waals surface area contributed by atoms with Gasteiger partial charge < -0.3 is 9.64 Å².